The van der Waals surface area contributed by atoms with Gasteiger partial charge in [0.1, 0.15) is 5.69 Å². The Kier molecular flexibility index (Phi) is 7.86. The molecule has 2 saturated heterocycles. The molecule has 10 nitrogen and oxygen atoms in total. The van der Waals surface area contributed by atoms with Crippen molar-refractivity contribution in [3.05, 3.63) is 70.6 Å². The molecule has 2 aliphatic carbocycles. The van der Waals surface area contributed by atoms with Gasteiger partial charge in [0.25, 0.3) is 11.8 Å². The SMILES string of the molecule is COC(=O)N1C(=O)[C@H]2[C@H](CC=C3[C@H]2C[C@@]2(Cl)C(=O)N(c4c(F)c(F)c(F)c(F)c4F)C(=O)[C@@]2(Cl)[C@H]3C=Cc2ccc(O)c(OC)c2)C1=O. The lowest BCUT2D eigenvalue weighted by Crippen LogP contribution is -2.60. The summed E-state index contributed by atoms with van der Waals surface area (Å²) in [5.74, 6) is -23.0. The molecule has 2 aliphatic heterocycles. The number of allylic oxidation sites excluding steroid dienone is 3. The molecule has 17 heteroatoms. The Hall–Kier alpha value is -4.50. The second-order valence-electron chi connectivity index (χ2n) is 11.5. The number of anilines is 1. The van der Waals surface area contributed by atoms with Gasteiger partial charge in [0, 0.05) is 5.92 Å². The molecule has 252 valence electrons. The number of likely N-dealkylation sites (tertiary alicyclic amines) is 1. The van der Waals surface area contributed by atoms with Gasteiger partial charge >= 0.3 is 6.09 Å². The molecule has 0 bridgehead atoms. The maximum absolute atomic E-state index is 15.1. The van der Waals surface area contributed by atoms with Crippen molar-refractivity contribution in [2.45, 2.75) is 22.6 Å². The minimum absolute atomic E-state index is 0.0354. The standard InChI is InChI=1S/C31H21Cl2F5N2O8/c1-47-17-9-11(4-8-16(17)41)3-7-15-12-5-6-13-18(26(43)40(25(13)42)29(46)48-2)14(12)10-30(32)27(44)39(28(45)31(15,30)33)24-22(37)20(35)19(34)21(36)23(24)38/h3-5,7-9,13-15,18,41H,6,10H2,1-2H3/t13-,14+,15-,18-,30+,31-/m0/s1. The Morgan fingerprint density at radius 2 is 1.56 bits per heavy atom. The zero-order valence-corrected chi connectivity index (χ0v) is 26.0. The van der Waals surface area contributed by atoms with Gasteiger partial charge in [-0.25, -0.2) is 31.6 Å². The summed E-state index contributed by atoms with van der Waals surface area (Å²) in [6.45, 7) is 0. The van der Waals surface area contributed by atoms with Crippen LogP contribution in [0.25, 0.3) is 6.08 Å². The van der Waals surface area contributed by atoms with Crippen molar-refractivity contribution in [1.82, 2.24) is 4.90 Å². The second-order valence-corrected chi connectivity index (χ2v) is 12.8. The number of carbonyl (C=O) groups excluding carboxylic acids is 5. The molecular formula is C31H21Cl2F5N2O8. The molecule has 2 aromatic rings. The summed E-state index contributed by atoms with van der Waals surface area (Å²) in [6.07, 6.45) is 1.95. The molecule has 6 rings (SSSR count). The Morgan fingerprint density at radius 3 is 2.17 bits per heavy atom. The van der Waals surface area contributed by atoms with Crippen LogP contribution in [0.1, 0.15) is 18.4 Å². The number of benzene rings is 2. The topological polar surface area (TPSA) is 131 Å². The van der Waals surface area contributed by atoms with E-state index in [4.69, 9.17) is 27.9 Å². The van der Waals surface area contributed by atoms with Crippen LogP contribution in [-0.4, -0.2) is 63.7 Å². The number of aromatic hydroxyl groups is 1. The third-order valence-corrected chi connectivity index (χ3v) is 10.8. The third kappa shape index (κ3) is 4.25. The zero-order valence-electron chi connectivity index (χ0n) is 24.5. The van der Waals surface area contributed by atoms with Crippen LogP contribution in [-0.2, 0) is 23.9 Å². The number of alkyl halides is 2. The Labute approximate surface area is 277 Å². The average molecular weight is 715 g/mol. The van der Waals surface area contributed by atoms with Gasteiger partial charge in [-0.05, 0) is 36.5 Å². The monoisotopic (exact) mass is 714 g/mol. The van der Waals surface area contributed by atoms with Gasteiger partial charge in [0.15, 0.2) is 44.5 Å². The molecule has 1 N–H and O–H groups in total. The first kappa shape index (κ1) is 33.4. The molecule has 6 atom stereocenters. The highest BCUT2D eigenvalue weighted by atomic mass is 35.5. The number of methoxy groups -OCH3 is 2. The van der Waals surface area contributed by atoms with Gasteiger partial charge in [-0.3, -0.25) is 19.2 Å². The summed E-state index contributed by atoms with van der Waals surface area (Å²) in [6, 6.07) is 4.07. The third-order valence-electron chi connectivity index (χ3n) is 9.32. The molecule has 2 heterocycles. The largest absolute Gasteiger partial charge is 0.504 e. The fourth-order valence-corrected chi connectivity index (χ4v) is 7.98. The predicted octanol–water partition coefficient (Wildman–Crippen LogP) is 4.97. The van der Waals surface area contributed by atoms with E-state index >= 15 is 8.78 Å². The van der Waals surface area contributed by atoms with E-state index in [1.165, 1.54) is 43.5 Å². The Morgan fingerprint density at radius 1 is 0.938 bits per heavy atom. The highest BCUT2D eigenvalue weighted by Gasteiger charge is 2.76. The average Bonchev–Trinajstić information content (AvgIpc) is 3.41. The van der Waals surface area contributed by atoms with E-state index in [-0.39, 0.29) is 28.4 Å². The lowest BCUT2D eigenvalue weighted by molar-refractivity contribution is -0.138. The highest BCUT2D eigenvalue weighted by molar-refractivity contribution is 6.58. The van der Waals surface area contributed by atoms with Gasteiger partial charge in [-0.2, -0.15) is 4.90 Å². The molecule has 0 aromatic heterocycles. The first-order valence-electron chi connectivity index (χ1n) is 14.1. The van der Waals surface area contributed by atoms with Crippen LogP contribution in [0.15, 0.2) is 35.9 Å². The van der Waals surface area contributed by atoms with E-state index in [9.17, 15) is 42.3 Å². The van der Waals surface area contributed by atoms with Gasteiger partial charge < -0.3 is 14.6 Å². The van der Waals surface area contributed by atoms with Crippen LogP contribution in [0.4, 0.5) is 32.4 Å². The van der Waals surface area contributed by atoms with Crippen LogP contribution < -0.4 is 9.64 Å². The van der Waals surface area contributed by atoms with Gasteiger partial charge in [-0.15, -0.1) is 23.2 Å². The number of carbonyl (C=O) groups is 5. The van der Waals surface area contributed by atoms with Crippen LogP contribution in [0.5, 0.6) is 11.5 Å². The van der Waals surface area contributed by atoms with Crippen molar-refractivity contribution in [3.8, 4) is 11.5 Å². The number of ether oxygens (including phenoxy) is 2. The van der Waals surface area contributed by atoms with Crippen molar-refractivity contribution < 1.29 is 60.5 Å². The molecule has 1 saturated carbocycles. The van der Waals surface area contributed by atoms with E-state index in [0.29, 0.717) is 10.5 Å². The van der Waals surface area contributed by atoms with Gasteiger partial charge in [0.05, 0.1) is 26.1 Å². The molecule has 5 amide bonds. The highest BCUT2D eigenvalue weighted by Crippen LogP contribution is 2.64. The number of hydrogen-bond acceptors (Lipinski definition) is 8. The van der Waals surface area contributed by atoms with Crippen LogP contribution in [0.2, 0.25) is 0 Å². The molecule has 3 fully saturated rings. The Balaban J connectivity index is 1.55. The number of halogens is 7. The van der Waals surface area contributed by atoms with Crippen molar-refractivity contribution in [2.24, 2.45) is 23.7 Å². The van der Waals surface area contributed by atoms with Gasteiger partial charge in [0.2, 0.25) is 17.6 Å². The summed E-state index contributed by atoms with van der Waals surface area (Å²) in [4.78, 5) is 61.9. The minimum Gasteiger partial charge on any atom is -0.504 e. The smallest absolute Gasteiger partial charge is 0.423 e. The quantitative estimate of drug-likeness (QED) is 0.117. The fourth-order valence-electron chi connectivity index (χ4n) is 7.09. The summed E-state index contributed by atoms with van der Waals surface area (Å²) < 4.78 is 82.4. The van der Waals surface area contributed by atoms with Crippen molar-refractivity contribution in [1.29, 1.82) is 0 Å². The lowest BCUT2D eigenvalue weighted by Gasteiger charge is -2.49. The maximum atomic E-state index is 15.1. The molecule has 0 spiro atoms. The first-order valence-corrected chi connectivity index (χ1v) is 14.8. The molecule has 0 radical (unpaired) electrons. The number of hydrogen-bond donors (Lipinski definition) is 1. The molecule has 0 unspecified atom stereocenters. The fraction of sp³-hybridized carbons (Fsp3) is 0.323. The summed E-state index contributed by atoms with van der Waals surface area (Å²) in [5.41, 5.74) is -1.39. The summed E-state index contributed by atoms with van der Waals surface area (Å²) in [5, 5.41) is 10.00. The maximum Gasteiger partial charge on any atom is 0.423 e. The van der Waals surface area contributed by atoms with E-state index < -0.39 is 104 Å². The van der Waals surface area contributed by atoms with Crippen molar-refractivity contribution in [3.63, 3.8) is 0 Å². The number of imide groups is 4. The Bertz CT molecular complexity index is 1890. The summed E-state index contributed by atoms with van der Waals surface area (Å²) >= 11 is 13.9. The lowest BCUT2D eigenvalue weighted by atomic mass is 9.57. The summed E-state index contributed by atoms with van der Waals surface area (Å²) in [7, 11) is 2.22. The van der Waals surface area contributed by atoms with Crippen molar-refractivity contribution >= 4 is 64.7 Å². The van der Waals surface area contributed by atoms with E-state index in [1.807, 2.05) is 0 Å². The molecule has 48 heavy (non-hydrogen) atoms. The van der Waals surface area contributed by atoms with Crippen molar-refractivity contribution in [2.75, 3.05) is 19.1 Å². The van der Waals surface area contributed by atoms with Gasteiger partial charge in [-0.1, -0.05) is 29.9 Å². The molecule has 2 aromatic carbocycles. The number of nitrogens with zero attached hydrogens (tertiary/aromatic N) is 2. The number of phenolic OH excluding ortho intramolecular Hbond substituents is 1. The molecule has 4 aliphatic rings. The predicted molar refractivity (Wildman–Crippen MR) is 155 cm³/mol. The number of fused-ring (bicyclic) bond motifs is 4. The number of amides is 5. The van der Waals surface area contributed by atoms with E-state index in [1.54, 1.807) is 0 Å². The second kappa shape index (κ2) is 11.3. The zero-order chi connectivity index (χ0) is 35.2. The van der Waals surface area contributed by atoms with E-state index in [0.717, 1.165) is 7.11 Å². The van der Waals surface area contributed by atoms with Crippen LogP contribution in [0, 0.1) is 52.8 Å². The number of rotatable bonds is 4. The van der Waals surface area contributed by atoms with E-state index in [2.05, 4.69) is 4.74 Å². The molecular weight excluding hydrogens is 694 g/mol. The normalized spacial score (nSPS) is 29.6. The first-order chi connectivity index (χ1) is 22.6. The minimum atomic E-state index is -2.71. The number of phenols is 1. The van der Waals surface area contributed by atoms with Crippen LogP contribution in [0.3, 0.4) is 0 Å². The van der Waals surface area contributed by atoms with Crippen LogP contribution >= 0.6 is 23.2 Å².